The first kappa shape index (κ1) is 20.1. The summed E-state index contributed by atoms with van der Waals surface area (Å²) in [7, 11) is 0. The summed E-state index contributed by atoms with van der Waals surface area (Å²) in [6.45, 7) is 1.33. The number of hydrogen-bond donors (Lipinski definition) is 4. The highest BCUT2D eigenvalue weighted by Crippen LogP contribution is 2.19. The van der Waals surface area contributed by atoms with Crippen molar-refractivity contribution in [2.45, 2.75) is 31.8 Å². The van der Waals surface area contributed by atoms with Crippen molar-refractivity contribution in [1.82, 2.24) is 15.6 Å². The third kappa shape index (κ3) is 5.22. The molecule has 0 fully saturated rings. The van der Waals surface area contributed by atoms with Crippen LogP contribution >= 0.6 is 0 Å². The third-order valence-electron chi connectivity index (χ3n) is 4.69. The van der Waals surface area contributed by atoms with Crippen LogP contribution in [0.15, 0.2) is 60.8 Å². The van der Waals surface area contributed by atoms with Crippen molar-refractivity contribution in [2.24, 2.45) is 0 Å². The van der Waals surface area contributed by atoms with Crippen LogP contribution in [-0.4, -0.2) is 40.0 Å². The van der Waals surface area contributed by atoms with Crippen LogP contribution in [0.4, 0.5) is 0 Å². The standard InChI is InChI=1S/C22H23N3O4/c1-14(26)24-19(11-15-7-3-2-4-8-15)21(27)25-20(22(28)29)12-16-13-23-18-10-6-5-9-17(16)18/h2-10,13,19-20,23H,11-12H2,1H3,(H,24,26)(H,25,27)(H,28,29)/t19-,20-/m0/s1. The molecule has 1 heterocycles. The summed E-state index contributed by atoms with van der Waals surface area (Å²) in [5, 5.41) is 15.7. The van der Waals surface area contributed by atoms with E-state index >= 15 is 0 Å². The molecule has 0 unspecified atom stereocenters. The Labute approximate surface area is 168 Å². The van der Waals surface area contributed by atoms with Crippen molar-refractivity contribution >= 4 is 28.7 Å². The lowest BCUT2D eigenvalue weighted by atomic mass is 10.0. The van der Waals surface area contributed by atoms with Gasteiger partial charge >= 0.3 is 5.97 Å². The molecule has 2 amide bonds. The fourth-order valence-electron chi connectivity index (χ4n) is 3.30. The van der Waals surface area contributed by atoms with Crippen LogP contribution in [0.2, 0.25) is 0 Å². The van der Waals surface area contributed by atoms with Crippen molar-refractivity contribution < 1.29 is 19.5 Å². The molecule has 7 heteroatoms. The molecule has 2 atom stereocenters. The van der Waals surface area contributed by atoms with E-state index in [2.05, 4.69) is 15.6 Å². The number of carbonyl (C=O) groups excluding carboxylic acids is 2. The second kappa shape index (κ2) is 9.05. The van der Waals surface area contributed by atoms with Crippen molar-refractivity contribution in [3.8, 4) is 0 Å². The maximum Gasteiger partial charge on any atom is 0.326 e. The lowest BCUT2D eigenvalue weighted by Crippen LogP contribution is -2.52. The van der Waals surface area contributed by atoms with Crippen LogP contribution in [0.25, 0.3) is 10.9 Å². The number of carboxylic acid groups (broad SMARTS) is 1. The zero-order chi connectivity index (χ0) is 20.8. The predicted molar refractivity (Wildman–Crippen MR) is 109 cm³/mol. The van der Waals surface area contributed by atoms with E-state index in [0.717, 1.165) is 22.0 Å². The van der Waals surface area contributed by atoms with E-state index in [0.29, 0.717) is 0 Å². The number of carboxylic acids is 1. The summed E-state index contributed by atoms with van der Waals surface area (Å²) in [6.07, 6.45) is 2.15. The first-order valence-corrected chi connectivity index (χ1v) is 9.33. The van der Waals surface area contributed by atoms with Gasteiger partial charge in [-0.1, -0.05) is 48.5 Å². The molecule has 0 aliphatic heterocycles. The summed E-state index contributed by atoms with van der Waals surface area (Å²) in [4.78, 5) is 39.2. The minimum Gasteiger partial charge on any atom is -0.480 e. The van der Waals surface area contributed by atoms with E-state index < -0.39 is 24.0 Å². The predicted octanol–water partition coefficient (Wildman–Crippen LogP) is 2.03. The van der Waals surface area contributed by atoms with Crippen LogP contribution in [0.5, 0.6) is 0 Å². The van der Waals surface area contributed by atoms with Crippen molar-refractivity contribution in [3.63, 3.8) is 0 Å². The topological polar surface area (TPSA) is 111 Å². The number of carbonyl (C=O) groups is 3. The number of H-pyrrole nitrogens is 1. The number of fused-ring (bicyclic) bond motifs is 1. The van der Waals surface area contributed by atoms with Crippen molar-refractivity contribution in [3.05, 3.63) is 71.9 Å². The Hall–Kier alpha value is -3.61. The number of para-hydroxylation sites is 1. The quantitative estimate of drug-likeness (QED) is 0.469. The zero-order valence-corrected chi connectivity index (χ0v) is 16.0. The molecule has 0 saturated heterocycles. The molecule has 1 aromatic heterocycles. The van der Waals surface area contributed by atoms with Gasteiger partial charge in [-0.15, -0.1) is 0 Å². The summed E-state index contributed by atoms with van der Waals surface area (Å²) < 4.78 is 0. The van der Waals surface area contributed by atoms with Crippen LogP contribution in [0.3, 0.4) is 0 Å². The highest BCUT2D eigenvalue weighted by molar-refractivity contribution is 5.91. The number of aromatic nitrogens is 1. The Balaban J connectivity index is 1.75. The largest absolute Gasteiger partial charge is 0.480 e. The summed E-state index contributed by atoms with van der Waals surface area (Å²) in [5.74, 6) is -2.02. The molecule has 0 saturated carbocycles. The second-order valence-electron chi connectivity index (χ2n) is 6.91. The molecule has 4 N–H and O–H groups in total. The van der Waals surface area contributed by atoms with Crippen molar-refractivity contribution in [2.75, 3.05) is 0 Å². The number of rotatable bonds is 8. The Morgan fingerprint density at radius 2 is 1.62 bits per heavy atom. The highest BCUT2D eigenvalue weighted by atomic mass is 16.4. The minimum atomic E-state index is -1.13. The number of amides is 2. The molecular formula is C22H23N3O4. The van der Waals surface area contributed by atoms with Gasteiger partial charge in [0.05, 0.1) is 0 Å². The SMILES string of the molecule is CC(=O)N[C@@H](Cc1ccccc1)C(=O)N[C@@H](Cc1c[nH]c2ccccc12)C(=O)O. The van der Waals surface area contributed by atoms with E-state index in [1.807, 2.05) is 54.6 Å². The van der Waals surface area contributed by atoms with Gasteiger partial charge in [-0.05, 0) is 17.2 Å². The molecule has 0 spiro atoms. The van der Waals surface area contributed by atoms with Crippen LogP contribution in [0, 0.1) is 0 Å². The second-order valence-corrected chi connectivity index (χ2v) is 6.91. The minimum absolute atomic E-state index is 0.128. The smallest absolute Gasteiger partial charge is 0.326 e. The summed E-state index contributed by atoms with van der Waals surface area (Å²) in [5.41, 5.74) is 2.57. The molecule has 0 aliphatic rings. The molecule has 0 aliphatic carbocycles. The molecule has 3 aromatic rings. The van der Waals surface area contributed by atoms with Crippen molar-refractivity contribution in [1.29, 1.82) is 0 Å². The fourth-order valence-corrected chi connectivity index (χ4v) is 3.30. The van der Waals surface area contributed by atoms with E-state index in [4.69, 9.17) is 0 Å². The van der Waals surface area contributed by atoms with Crippen LogP contribution < -0.4 is 10.6 Å². The van der Waals surface area contributed by atoms with E-state index in [9.17, 15) is 19.5 Å². The lowest BCUT2D eigenvalue weighted by molar-refractivity contribution is -0.142. The van der Waals surface area contributed by atoms with Gasteiger partial charge in [-0.25, -0.2) is 4.79 Å². The zero-order valence-electron chi connectivity index (χ0n) is 16.0. The van der Waals surface area contributed by atoms with E-state index in [1.165, 1.54) is 6.92 Å². The number of aromatic amines is 1. The first-order chi connectivity index (χ1) is 13.9. The third-order valence-corrected chi connectivity index (χ3v) is 4.69. The molecule has 2 aromatic carbocycles. The average Bonchev–Trinajstić information content (AvgIpc) is 3.10. The Kier molecular flexibility index (Phi) is 6.29. The van der Waals surface area contributed by atoms with Gasteiger partial charge in [0.1, 0.15) is 12.1 Å². The molecule has 150 valence electrons. The number of benzene rings is 2. The monoisotopic (exact) mass is 393 g/mol. The van der Waals surface area contributed by atoms with E-state index in [-0.39, 0.29) is 18.7 Å². The Bertz CT molecular complexity index is 1010. The fraction of sp³-hybridized carbons (Fsp3) is 0.227. The highest BCUT2D eigenvalue weighted by Gasteiger charge is 2.27. The molecule has 29 heavy (non-hydrogen) atoms. The van der Waals surface area contributed by atoms with Crippen LogP contribution in [-0.2, 0) is 27.2 Å². The van der Waals surface area contributed by atoms with Crippen LogP contribution in [0.1, 0.15) is 18.1 Å². The van der Waals surface area contributed by atoms with Gasteiger partial charge < -0.3 is 20.7 Å². The maximum absolute atomic E-state index is 12.8. The molecule has 3 rings (SSSR count). The van der Waals surface area contributed by atoms with Gasteiger partial charge in [0.25, 0.3) is 0 Å². The lowest BCUT2D eigenvalue weighted by Gasteiger charge is -2.21. The molecule has 7 nitrogen and oxygen atoms in total. The first-order valence-electron chi connectivity index (χ1n) is 9.33. The average molecular weight is 393 g/mol. The number of nitrogens with one attached hydrogen (secondary N) is 3. The number of aliphatic carboxylic acids is 1. The van der Waals surface area contributed by atoms with Gasteiger partial charge in [0.15, 0.2) is 0 Å². The van der Waals surface area contributed by atoms with Gasteiger partial charge in [0.2, 0.25) is 11.8 Å². The maximum atomic E-state index is 12.8. The normalized spacial score (nSPS) is 12.9. The Morgan fingerprint density at radius 3 is 2.31 bits per heavy atom. The summed E-state index contributed by atoms with van der Waals surface area (Å²) in [6, 6.07) is 14.8. The molecule has 0 bridgehead atoms. The van der Waals surface area contributed by atoms with Gasteiger partial charge in [-0.3, -0.25) is 9.59 Å². The van der Waals surface area contributed by atoms with Gasteiger partial charge in [0, 0.05) is 36.9 Å². The van der Waals surface area contributed by atoms with E-state index in [1.54, 1.807) is 6.20 Å². The van der Waals surface area contributed by atoms with Gasteiger partial charge in [-0.2, -0.15) is 0 Å². The molecular weight excluding hydrogens is 370 g/mol. The summed E-state index contributed by atoms with van der Waals surface area (Å²) >= 11 is 0. The molecule has 0 radical (unpaired) electrons. The Morgan fingerprint density at radius 1 is 0.931 bits per heavy atom. The number of hydrogen-bond acceptors (Lipinski definition) is 3.